The van der Waals surface area contributed by atoms with Gasteiger partial charge >= 0.3 is 0 Å². The first kappa shape index (κ1) is 19.4. The van der Waals surface area contributed by atoms with Crippen molar-refractivity contribution in [2.24, 2.45) is 0 Å². The Morgan fingerprint density at radius 3 is 2.29 bits per heavy atom. The van der Waals surface area contributed by atoms with Crippen molar-refractivity contribution in [2.75, 3.05) is 13.2 Å². The van der Waals surface area contributed by atoms with Gasteiger partial charge in [0, 0.05) is 6.92 Å². The molecule has 2 fully saturated rings. The van der Waals surface area contributed by atoms with Crippen LogP contribution in [0, 0.1) is 0 Å². The standard InChI is InChI=1S/C13H23NO10/c1-4(16)14-11-9(20)8(19)6(2-15)24-13(11,22)12-10(21)7(18)5(17)3-23-12/h5-12,15,17-22H,2-3H2,1H3,(H,14,16)/t5-,6-,7+,8+,9+,10-,11-,12?,13?/m1/s1. The van der Waals surface area contributed by atoms with Crippen LogP contribution in [-0.2, 0) is 14.3 Å². The number of carbonyl (C=O) groups excluding carboxylic acids is 1. The predicted octanol–water partition coefficient (Wildman–Crippen LogP) is -5.23. The maximum atomic E-state index is 11.4. The molecule has 2 aliphatic rings. The van der Waals surface area contributed by atoms with E-state index in [0.717, 1.165) is 6.92 Å². The molecule has 1 amide bonds. The Balaban J connectivity index is 2.37. The quantitative estimate of drug-likeness (QED) is 0.243. The molecule has 0 aromatic carbocycles. The van der Waals surface area contributed by atoms with Gasteiger partial charge in [-0.15, -0.1) is 0 Å². The molecule has 2 saturated heterocycles. The van der Waals surface area contributed by atoms with Gasteiger partial charge in [0.25, 0.3) is 0 Å². The summed E-state index contributed by atoms with van der Waals surface area (Å²) in [6.45, 7) is -0.139. The molecule has 0 aromatic heterocycles. The van der Waals surface area contributed by atoms with Gasteiger partial charge in [0.15, 0.2) is 0 Å². The molecule has 24 heavy (non-hydrogen) atoms. The van der Waals surface area contributed by atoms with Crippen molar-refractivity contribution in [3.63, 3.8) is 0 Å². The second-order valence-corrected chi connectivity index (χ2v) is 6.05. The van der Waals surface area contributed by atoms with Gasteiger partial charge in [-0.1, -0.05) is 0 Å². The lowest BCUT2D eigenvalue weighted by atomic mass is 9.82. The van der Waals surface area contributed by atoms with Gasteiger partial charge in [0.1, 0.15) is 48.8 Å². The zero-order valence-corrected chi connectivity index (χ0v) is 12.9. The van der Waals surface area contributed by atoms with E-state index in [2.05, 4.69) is 5.32 Å². The van der Waals surface area contributed by atoms with Crippen LogP contribution in [0.1, 0.15) is 6.92 Å². The van der Waals surface area contributed by atoms with Crippen LogP contribution in [0.5, 0.6) is 0 Å². The van der Waals surface area contributed by atoms with Gasteiger partial charge in [-0.05, 0) is 0 Å². The number of ether oxygens (including phenoxy) is 2. The highest BCUT2D eigenvalue weighted by molar-refractivity contribution is 5.73. The topological polar surface area (TPSA) is 189 Å². The fourth-order valence-corrected chi connectivity index (χ4v) is 3.01. The molecule has 0 saturated carbocycles. The molecular formula is C13H23NO10. The van der Waals surface area contributed by atoms with Crippen molar-refractivity contribution < 1.29 is 50.0 Å². The van der Waals surface area contributed by atoms with E-state index in [-0.39, 0.29) is 0 Å². The molecule has 0 aliphatic carbocycles. The number of amides is 1. The summed E-state index contributed by atoms with van der Waals surface area (Å²) in [5, 5.41) is 71.8. The van der Waals surface area contributed by atoms with E-state index >= 15 is 0 Å². The second-order valence-electron chi connectivity index (χ2n) is 6.05. The molecular weight excluding hydrogens is 330 g/mol. The van der Waals surface area contributed by atoms with Crippen molar-refractivity contribution in [1.29, 1.82) is 0 Å². The van der Waals surface area contributed by atoms with Crippen LogP contribution in [-0.4, -0.2) is 109 Å². The Labute approximate surface area is 137 Å². The number of hydrogen-bond donors (Lipinski definition) is 8. The highest BCUT2D eigenvalue weighted by Gasteiger charge is 2.61. The number of nitrogens with one attached hydrogen (secondary N) is 1. The summed E-state index contributed by atoms with van der Waals surface area (Å²) >= 11 is 0. The molecule has 9 atom stereocenters. The molecule has 2 unspecified atom stereocenters. The van der Waals surface area contributed by atoms with Crippen LogP contribution in [0.4, 0.5) is 0 Å². The van der Waals surface area contributed by atoms with Crippen LogP contribution >= 0.6 is 0 Å². The van der Waals surface area contributed by atoms with Gasteiger partial charge in [0.2, 0.25) is 11.7 Å². The summed E-state index contributed by atoms with van der Waals surface area (Å²) in [4.78, 5) is 11.4. The fourth-order valence-electron chi connectivity index (χ4n) is 3.01. The van der Waals surface area contributed by atoms with Crippen LogP contribution in [0.2, 0.25) is 0 Å². The monoisotopic (exact) mass is 353 g/mol. The SMILES string of the molecule is CC(=O)N[C@@H]1[C@@H](O)[C@@H](O)[C@@H](CO)OC1(O)C1OC[C@@H](O)[C@H](O)[C@H]1O. The molecule has 11 heteroatoms. The number of aliphatic hydroxyl groups excluding tert-OH is 6. The number of rotatable bonds is 3. The minimum Gasteiger partial charge on any atom is -0.394 e. The van der Waals surface area contributed by atoms with Crippen LogP contribution in [0.15, 0.2) is 0 Å². The molecule has 2 rings (SSSR count). The van der Waals surface area contributed by atoms with Crippen LogP contribution in [0.3, 0.4) is 0 Å². The first-order valence-electron chi connectivity index (χ1n) is 7.43. The van der Waals surface area contributed by atoms with Crippen molar-refractivity contribution in [2.45, 2.75) is 61.5 Å². The van der Waals surface area contributed by atoms with E-state index in [1.54, 1.807) is 0 Å². The summed E-state index contributed by atoms with van der Waals surface area (Å²) in [6.07, 6.45) is -11.4. The molecule has 0 aromatic rings. The minimum absolute atomic E-state index is 0.455. The zero-order valence-electron chi connectivity index (χ0n) is 12.9. The Morgan fingerprint density at radius 2 is 1.75 bits per heavy atom. The number of hydrogen-bond acceptors (Lipinski definition) is 10. The second kappa shape index (κ2) is 7.15. The summed E-state index contributed by atoms with van der Waals surface area (Å²) in [5.74, 6) is -3.26. The molecule has 140 valence electrons. The molecule has 2 heterocycles. The number of aliphatic hydroxyl groups is 7. The fraction of sp³-hybridized carbons (Fsp3) is 0.923. The summed E-state index contributed by atoms with van der Waals surface area (Å²) < 4.78 is 10.4. The van der Waals surface area contributed by atoms with Crippen molar-refractivity contribution >= 4 is 5.91 Å². The normalized spacial score (nSPS) is 49.7. The third-order valence-corrected chi connectivity index (χ3v) is 4.31. The number of carbonyl (C=O) groups is 1. The molecule has 0 bridgehead atoms. The average molecular weight is 353 g/mol. The van der Waals surface area contributed by atoms with E-state index in [1.165, 1.54) is 0 Å². The van der Waals surface area contributed by atoms with Crippen molar-refractivity contribution in [1.82, 2.24) is 5.32 Å². The zero-order chi connectivity index (χ0) is 18.2. The Morgan fingerprint density at radius 1 is 1.12 bits per heavy atom. The molecule has 8 N–H and O–H groups in total. The molecule has 0 radical (unpaired) electrons. The van der Waals surface area contributed by atoms with Crippen molar-refractivity contribution in [3.8, 4) is 0 Å². The molecule has 0 spiro atoms. The van der Waals surface area contributed by atoms with E-state index in [9.17, 15) is 40.5 Å². The third-order valence-electron chi connectivity index (χ3n) is 4.31. The predicted molar refractivity (Wildman–Crippen MR) is 74.3 cm³/mol. The van der Waals surface area contributed by atoms with Gasteiger partial charge in [-0.3, -0.25) is 4.79 Å². The minimum atomic E-state index is -2.59. The maximum absolute atomic E-state index is 11.4. The van der Waals surface area contributed by atoms with E-state index in [0.29, 0.717) is 0 Å². The average Bonchev–Trinajstić information content (AvgIpc) is 2.52. The highest BCUT2D eigenvalue weighted by Crippen LogP contribution is 2.36. The smallest absolute Gasteiger partial charge is 0.219 e. The summed E-state index contributed by atoms with van der Waals surface area (Å²) in [5.41, 5.74) is 0. The lowest BCUT2D eigenvalue weighted by Gasteiger charge is -2.52. The lowest BCUT2D eigenvalue weighted by Crippen LogP contribution is -2.77. The molecule has 11 nitrogen and oxygen atoms in total. The van der Waals surface area contributed by atoms with E-state index in [1.807, 2.05) is 0 Å². The van der Waals surface area contributed by atoms with Gasteiger partial charge in [0.05, 0.1) is 13.2 Å². The van der Waals surface area contributed by atoms with Gasteiger partial charge < -0.3 is 50.5 Å². The maximum Gasteiger partial charge on any atom is 0.219 e. The van der Waals surface area contributed by atoms with E-state index in [4.69, 9.17) is 9.47 Å². The highest BCUT2D eigenvalue weighted by atomic mass is 16.7. The van der Waals surface area contributed by atoms with Crippen LogP contribution in [0.25, 0.3) is 0 Å². The first-order valence-corrected chi connectivity index (χ1v) is 7.43. The lowest BCUT2D eigenvalue weighted by molar-refractivity contribution is -0.376. The first-order chi connectivity index (χ1) is 11.1. The van der Waals surface area contributed by atoms with Gasteiger partial charge in [-0.2, -0.15) is 0 Å². The Kier molecular flexibility index (Phi) is 5.79. The Hall–Kier alpha value is -0.890. The summed E-state index contributed by atoms with van der Waals surface area (Å²) in [7, 11) is 0. The van der Waals surface area contributed by atoms with Crippen LogP contribution < -0.4 is 5.32 Å². The summed E-state index contributed by atoms with van der Waals surface area (Å²) in [6, 6.07) is -1.63. The molecule has 2 aliphatic heterocycles. The van der Waals surface area contributed by atoms with Crippen molar-refractivity contribution in [3.05, 3.63) is 0 Å². The van der Waals surface area contributed by atoms with E-state index < -0.39 is 73.7 Å². The third kappa shape index (κ3) is 3.27. The largest absolute Gasteiger partial charge is 0.394 e. The Bertz CT molecular complexity index is 464. The van der Waals surface area contributed by atoms with Gasteiger partial charge in [-0.25, -0.2) is 0 Å².